The fourth-order valence-corrected chi connectivity index (χ4v) is 2.85. The molecule has 0 heterocycles. The summed E-state index contributed by atoms with van der Waals surface area (Å²) in [6.45, 7) is 4.10. The molecule has 0 aliphatic carbocycles. The molecule has 0 aliphatic heterocycles. The van der Waals surface area contributed by atoms with Gasteiger partial charge < -0.3 is 5.73 Å². The second-order valence-electron chi connectivity index (χ2n) is 5.19. The number of rotatable bonds is 14. The molecule has 0 fully saturated rings. The van der Waals surface area contributed by atoms with Crippen molar-refractivity contribution in [2.75, 3.05) is 13.2 Å². The molecule has 0 spiro atoms. The van der Waals surface area contributed by atoms with E-state index in [1.165, 1.54) is 38.5 Å². The molecule has 0 rings (SSSR count). The van der Waals surface area contributed by atoms with Crippen LogP contribution in [0.1, 0.15) is 71.6 Å². The maximum atomic E-state index is 11.3. The lowest BCUT2D eigenvalue weighted by Crippen LogP contribution is -2.20. The van der Waals surface area contributed by atoms with Crippen LogP contribution in [0.25, 0.3) is 0 Å². The van der Waals surface area contributed by atoms with Crippen molar-refractivity contribution >= 4 is 10.4 Å². The third-order valence-electron chi connectivity index (χ3n) is 3.09. The van der Waals surface area contributed by atoms with Gasteiger partial charge in [0.1, 0.15) is 0 Å². The second-order valence-corrected chi connectivity index (χ2v) is 6.43. The summed E-state index contributed by atoms with van der Waals surface area (Å²) in [6.07, 6.45) is 10.2. The molecule has 2 N–H and O–H groups in total. The smallest absolute Gasteiger partial charge is 0.328 e. The van der Waals surface area contributed by atoms with E-state index in [0.717, 1.165) is 19.3 Å². The van der Waals surface area contributed by atoms with E-state index < -0.39 is 10.4 Å². The molecule has 1 unspecified atom stereocenters. The highest BCUT2D eigenvalue weighted by Gasteiger charge is 2.16. The van der Waals surface area contributed by atoms with Crippen molar-refractivity contribution < 1.29 is 16.8 Å². The molecule has 0 saturated heterocycles. The minimum Gasteiger partial charge on any atom is -0.328 e. The van der Waals surface area contributed by atoms with E-state index >= 15 is 0 Å². The highest BCUT2D eigenvalue weighted by Crippen LogP contribution is 2.13. The molecule has 0 aromatic rings. The summed E-state index contributed by atoms with van der Waals surface area (Å²) in [5, 5.41) is 0. The third kappa shape index (κ3) is 12.8. The van der Waals surface area contributed by atoms with Crippen molar-refractivity contribution in [1.82, 2.24) is 0 Å². The van der Waals surface area contributed by atoms with Gasteiger partial charge >= 0.3 is 10.4 Å². The number of hydrogen-bond donors (Lipinski definition) is 1. The summed E-state index contributed by atoms with van der Waals surface area (Å²) in [5.41, 5.74) is 5.18. The van der Waals surface area contributed by atoms with Crippen molar-refractivity contribution in [2.24, 2.45) is 5.73 Å². The van der Waals surface area contributed by atoms with Gasteiger partial charge in [0.2, 0.25) is 0 Å². The maximum absolute atomic E-state index is 11.3. The van der Waals surface area contributed by atoms with E-state index in [2.05, 4.69) is 11.1 Å². The van der Waals surface area contributed by atoms with Crippen LogP contribution < -0.4 is 5.73 Å². The van der Waals surface area contributed by atoms with Crippen LogP contribution in [0.15, 0.2) is 0 Å². The first-order valence-corrected chi connectivity index (χ1v) is 9.13. The Kier molecular flexibility index (Phi) is 12.5. The van der Waals surface area contributed by atoms with Crippen LogP contribution in [0.5, 0.6) is 0 Å². The quantitative estimate of drug-likeness (QED) is 0.499. The SMILES string of the molecule is CCCCCCCCCCC(C)OS(=O)(=O)OCCN. The van der Waals surface area contributed by atoms with Gasteiger partial charge in [-0.3, -0.25) is 0 Å². The lowest BCUT2D eigenvalue weighted by Gasteiger charge is -2.12. The molecular weight excluding hydrogens is 278 g/mol. The summed E-state index contributed by atoms with van der Waals surface area (Å²) >= 11 is 0. The van der Waals surface area contributed by atoms with Crippen LogP contribution in [0.2, 0.25) is 0 Å². The summed E-state index contributed by atoms with van der Waals surface area (Å²) in [7, 11) is -3.88. The summed E-state index contributed by atoms with van der Waals surface area (Å²) in [6, 6.07) is 0. The topological polar surface area (TPSA) is 78.6 Å². The van der Waals surface area contributed by atoms with Crippen LogP contribution in [-0.4, -0.2) is 27.7 Å². The molecule has 0 amide bonds. The molecule has 0 aromatic heterocycles. The molecule has 122 valence electrons. The van der Waals surface area contributed by atoms with Gasteiger partial charge in [-0.2, -0.15) is 8.42 Å². The highest BCUT2D eigenvalue weighted by molar-refractivity contribution is 7.81. The molecule has 1 atom stereocenters. The lowest BCUT2D eigenvalue weighted by molar-refractivity contribution is 0.161. The number of unbranched alkanes of at least 4 members (excludes halogenated alkanes) is 7. The Morgan fingerprint density at radius 3 is 2.10 bits per heavy atom. The predicted molar refractivity (Wildman–Crippen MR) is 81.7 cm³/mol. The van der Waals surface area contributed by atoms with Gasteiger partial charge in [0.05, 0.1) is 12.7 Å². The highest BCUT2D eigenvalue weighted by atomic mass is 32.3. The summed E-state index contributed by atoms with van der Waals surface area (Å²) < 4.78 is 32.1. The second kappa shape index (κ2) is 12.6. The van der Waals surface area contributed by atoms with Crippen LogP contribution in [0.4, 0.5) is 0 Å². The van der Waals surface area contributed by atoms with E-state index in [-0.39, 0.29) is 19.3 Å². The Bertz CT molecular complexity index is 306. The number of nitrogens with two attached hydrogens (primary N) is 1. The van der Waals surface area contributed by atoms with E-state index in [1.54, 1.807) is 6.92 Å². The van der Waals surface area contributed by atoms with Gasteiger partial charge in [-0.05, 0) is 13.3 Å². The molecule has 20 heavy (non-hydrogen) atoms. The molecule has 6 heteroatoms. The Labute approximate surface area is 124 Å². The maximum Gasteiger partial charge on any atom is 0.400 e. The average Bonchev–Trinajstić information content (AvgIpc) is 2.39. The Morgan fingerprint density at radius 2 is 1.55 bits per heavy atom. The molecule has 5 nitrogen and oxygen atoms in total. The van der Waals surface area contributed by atoms with Crippen LogP contribution in [-0.2, 0) is 18.8 Å². The molecule has 0 aliphatic rings. The first-order chi connectivity index (χ1) is 9.52. The van der Waals surface area contributed by atoms with Crippen LogP contribution in [0, 0.1) is 0 Å². The zero-order valence-corrected chi connectivity index (χ0v) is 13.8. The minimum atomic E-state index is -3.88. The van der Waals surface area contributed by atoms with E-state index in [0.29, 0.717) is 0 Å². The lowest BCUT2D eigenvalue weighted by atomic mass is 10.1. The van der Waals surface area contributed by atoms with Gasteiger partial charge in [-0.15, -0.1) is 0 Å². The van der Waals surface area contributed by atoms with Gasteiger partial charge in [0, 0.05) is 6.54 Å². The standard InChI is InChI=1S/C14H31NO4S/c1-3-4-5-6-7-8-9-10-11-14(2)19-20(16,17)18-13-12-15/h14H,3-13,15H2,1-2H3. The first kappa shape index (κ1) is 19.8. The monoisotopic (exact) mass is 309 g/mol. The average molecular weight is 309 g/mol. The van der Waals surface area contributed by atoms with E-state index in [4.69, 9.17) is 9.92 Å². The van der Waals surface area contributed by atoms with Crippen molar-refractivity contribution in [1.29, 1.82) is 0 Å². The van der Waals surface area contributed by atoms with Crippen molar-refractivity contribution in [3.63, 3.8) is 0 Å². The predicted octanol–water partition coefficient (Wildman–Crippen LogP) is 3.14. The minimum absolute atomic E-state index is 0.0349. The van der Waals surface area contributed by atoms with Crippen LogP contribution >= 0.6 is 0 Å². The Morgan fingerprint density at radius 1 is 1.00 bits per heavy atom. The van der Waals surface area contributed by atoms with Gasteiger partial charge in [-0.25, -0.2) is 8.37 Å². The molecule has 0 radical (unpaired) electrons. The van der Waals surface area contributed by atoms with Gasteiger partial charge in [-0.1, -0.05) is 58.3 Å². The largest absolute Gasteiger partial charge is 0.400 e. The Balaban J connectivity index is 3.51. The van der Waals surface area contributed by atoms with Crippen molar-refractivity contribution in [3.05, 3.63) is 0 Å². The zero-order valence-electron chi connectivity index (χ0n) is 13.0. The van der Waals surface area contributed by atoms with Crippen LogP contribution in [0.3, 0.4) is 0 Å². The van der Waals surface area contributed by atoms with Crippen molar-refractivity contribution in [2.45, 2.75) is 77.7 Å². The normalized spacial score (nSPS) is 13.6. The molecular formula is C14H31NO4S. The summed E-state index contributed by atoms with van der Waals surface area (Å²) in [5.74, 6) is 0. The molecule has 0 bridgehead atoms. The number of hydrogen-bond acceptors (Lipinski definition) is 5. The Hall–Kier alpha value is -0.170. The fraction of sp³-hybridized carbons (Fsp3) is 1.00. The fourth-order valence-electron chi connectivity index (χ4n) is 1.99. The van der Waals surface area contributed by atoms with Gasteiger partial charge in [0.25, 0.3) is 0 Å². The summed E-state index contributed by atoms with van der Waals surface area (Å²) in [4.78, 5) is 0. The molecule has 0 aromatic carbocycles. The zero-order chi connectivity index (χ0) is 15.3. The van der Waals surface area contributed by atoms with E-state index in [1.807, 2.05) is 0 Å². The first-order valence-electron chi connectivity index (χ1n) is 7.79. The van der Waals surface area contributed by atoms with E-state index in [9.17, 15) is 8.42 Å². The third-order valence-corrected chi connectivity index (χ3v) is 4.11. The van der Waals surface area contributed by atoms with Crippen molar-refractivity contribution in [3.8, 4) is 0 Å². The van der Waals surface area contributed by atoms with Gasteiger partial charge in [0.15, 0.2) is 0 Å². The molecule has 0 saturated carbocycles.